The van der Waals surface area contributed by atoms with E-state index in [2.05, 4.69) is 4.98 Å². The Morgan fingerprint density at radius 1 is 1.16 bits per heavy atom. The third-order valence-electron chi connectivity index (χ3n) is 3.89. The van der Waals surface area contributed by atoms with Gasteiger partial charge < -0.3 is 9.47 Å². The van der Waals surface area contributed by atoms with E-state index in [4.69, 9.17) is 9.47 Å². The van der Waals surface area contributed by atoms with Gasteiger partial charge in [0.15, 0.2) is 17.3 Å². The van der Waals surface area contributed by atoms with Crippen LogP contribution in [-0.4, -0.2) is 29.1 Å². The molecule has 0 aliphatic heterocycles. The summed E-state index contributed by atoms with van der Waals surface area (Å²) in [5.41, 5.74) is 1.12. The summed E-state index contributed by atoms with van der Waals surface area (Å²) in [6.07, 6.45) is 1.52. The molecule has 0 fully saturated rings. The minimum atomic E-state index is -0.104. The highest BCUT2D eigenvalue weighted by Gasteiger charge is 2.09. The minimum Gasteiger partial charge on any atom is -0.493 e. The Labute approximate surface area is 144 Å². The topological polar surface area (TPSA) is 70.4 Å². The fourth-order valence-corrected chi connectivity index (χ4v) is 2.53. The van der Waals surface area contributed by atoms with Crippen LogP contribution in [0.2, 0.25) is 0 Å². The van der Waals surface area contributed by atoms with Crippen LogP contribution < -0.4 is 15.0 Å². The van der Waals surface area contributed by atoms with E-state index in [-0.39, 0.29) is 17.9 Å². The standard InChI is InChI=1S/C19H18N2O4/c1-13(22)14-7-8-17(18(11-14)24-2)25-10-9-21-12-20-16-6-4-3-5-15(16)19(21)23/h3-8,11-12H,9-10H2,1-2H3. The number of ether oxygens (including phenoxy) is 2. The van der Waals surface area contributed by atoms with Gasteiger partial charge in [0.2, 0.25) is 0 Å². The summed E-state index contributed by atoms with van der Waals surface area (Å²) >= 11 is 0. The van der Waals surface area contributed by atoms with Gasteiger partial charge in [0, 0.05) is 5.56 Å². The number of hydrogen-bond donors (Lipinski definition) is 0. The molecule has 0 aliphatic carbocycles. The van der Waals surface area contributed by atoms with Gasteiger partial charge in [-0.25, -0.2) is 4.98 Å². The molecule has 0 aliphatic rings. The lowest BCUT2D eigenvalue weighted by atomic mass is 10.1. The van der Waals surface area contributed by atoms with Crippen molar-refractivity contribution in [2.75, 3.05) is 13.7 Å². The van der Waals surface area contributed by atoms with Gasteiger partial charge in [0.05, 0.1) is 30.9 Å². The second-order valence-electron chi connectivity index (χ2n) is 5.53. The molecule has 25 heavy (non-hydrogen) atoms. The van der Waals surface area contributed by atoms with E-state index in [0.29, 0.717) is 34.5 Å². The van der Waals surface area contributed by atoms with E-state index in [1.54, 1.807) is 30.3 Å². The molecule has 0 spiro atoms. The van der Waals surface area contributed by atoms with Gasteiger partial charge in [-0.2, -0.15) is 0 Å². The molecule has 0 bridgehead atoms. The highest BCUT2D eigenvalue weighted by molar-refractivity contribution is 5.94. The number of carbonyl (C=O) groups is 1. The Bertz CT molecular complexity index is 979. The predicted octanol–water partition coefficient (Wildman–Crippen LogP) is 2.69. The van der Waals surface area contributed by atoms with Crippen molar-refractivity contribution in [2.45, 2.75) is 13.5 Å². The average molecular weight is 338 g/mol. The highest BCUT2D eigenvalue weighted by atomic mass is 16.5. The quantitative estimate of drug-likeness (QED) is 0.646. The maximum atomic E-state index is 12.4. The first kappa shape index (κ1) is 16.7. The molecule has 0 amide bonds. The van der Waals surface area contributed by atoms with E-state index < -0.39 is 0 Å². The molecule has 3 aromatic rings. The van der Waals surface area contributed by atoms with Crippen molar-refractivity contribution >= 4 is 16.7 Å². The molecule has 0 N–H and O–H groups in total. The zero-order valence-electron chi connectivity index (χ0n) is 14.1. The van der Waals surface area contributed by atoms with Crippen LogP contribution in [0.4, 0.5) is 0 Å². The van der Waals surface area contributed by atoms with Crippen molar-refractivity contribution < 1.29 is 14.3 Å². The van der Waals surface area contributed by atoms with Crippen molar-refractivity contribution in [2.24, 2.45) is 0 Å². The molecule has 0 unspecified atom stereocenters. The van der Waals surface area contributed by atoms with Gasteiger partial charge in [-0.3, -0.25) is 14.2 Å². The van der Waals surface area contributed by atoms with E-state index in [0.717, 1.165) is 0 Å². The SMILES string of the molecule is COc1cc(C(C)=O)ccc1OCCn1cnc2ccccc2c1=O. The Kier molecular flexibility index (Phi) is 4.79. The fraction of sp³-hybridized carbons (Fsp3) is 0.211. The van der Waals surface area contributed by atoms with Gasteiger partial charge in [0.1, 0.15) is 6.61 Å². The molecule has 0 atom stereocenters. The molecule has 6 nitrogen and oxygen atoms in total. The summed E-state index contributed by atoms with van der Waals surface area (Å²) in [5, 5.41) is 0.577. The summed E-state index contributed by atoms with van der Waals surface area (Å²) in [6, 6.07) is 12.2. The predicted molar refractivity (Wildman–Crippen MR) is 94.5 cm³/mol. The van der Waals surface area contributed by atoms with Gasteiger partial charge >= 0.3 is 0 Å². The van der Waals surface area contributed by atoms with E-state index >= 15 is 0 Å². The Balaban J connectivity index is 1.74. The van der Waals surface area contributed by atoms with Gasteiger partial charge in [0.25, 0.3) is 5.56 Å². The molecule has 0 radical (unpaired) electrons. The summed E-state index contributed by atoms with van der Waals surface area (Å²) < 4.78 is 12.5. The van der Waals surface area contributed by atoms with Crippen LogP contribution in [0.15, 0.2) is 53.6 Å². The number of fused-ring (bicyclic) bond motifs is 1. The molecule has 3 rings (SSSR count). The second-order valence-corrected chi connectivity index (χ2v) is 5.53. The van der Waals surface area contributed by atoms with Gasteiger partial charge in [-0.1, -0.05) is 12.1 Å². The zero-order valence-corrected chi connectivity index (χ0v) is 14.1. The summed E-state index contributed by atoms with van der Waals surface area (Å²) in [4.78, 5) is 28.1. The van der Waals surface area contributed by atoms with E-state index in [1.807, 2.05) is 12.1 Å². The first-order valence-corrected chi connectivity index (χ1v) is 7.86. The zero-order chi connectivity index (χ0) is 17.8. The van der Waals surface area contributed by atoms with Crippen LogP contribution in [0.25, 0.3) is 10.9 Å². The molecular formula is C19H18N2O4. The first-order chi connectivity index (χ1) is 12.1. The molecular weight excluding hydrogens is 320 g/mol. The van der Waals surface area contributed by atoms with Crippen molar-refractivity contribution in [1.29, 1.82) is 0 Å². The van der Waals surface area contributed by atoms with Crippen molar-refractivity contribution in [3.05, 3.63) is 64.7 Å². The summed E-state index contributed by atoms with van der Waals surface area (Å²) in [6.45, 7) is 2.12. The number of Topliss-reactive ketones (excluding diaryl/α,β-unsaturated/α-hetero) is 1. The maximum absolute atomic E-state index is 12.4. The molecule has 1 heterocycles. The van der Waals surface area contributed by atoms with Crippen LogP contribution in [0.1, 0.15) is 17.3 Å². The normalized spacial score (nSPS) is 10.6. The largest absolute Gasteiger partial charge is 0.493 e. The van der Waals surface area contributed by atoms with Crippen LogP contribution in [0.3, 0.4) is 0 Å². The lowest BCUT2D eigenvalue weighted by Gasteiger charge is -2.12. The molecule has 6 heteroatoms. The number of aromatic nitrogens is 2. The van der Waals surface area contributed by atoms with Gasteiger partial charge in [-0.15, -0.1) is 0 Å². The van der Waals surface area contributed by atoms with Crippen molar-refractivity contribution in [1.82, 2.24) is 9.55 Å². The minimum absolute atomic E-state index is 0.0429. The number of nitrogens with zero attached hydrogens (tertiary/aromatic N) is 2. The third kappa shape index (κ3) is 3.52. The lowest BCUT2D eigenvalue weighted by Crippen LogP contribution is -2.23. The molecule has 128 valence electrons. The monoisotopic (exact) mass is 338 g/mol. The van der Waals surface area contributed by atoms with Crippen LogP contribution in [0, 0.1) is 0 Å². The number of ketones is 1. The smallest absolute Gasteiger partial charge is 0.261 e. The molecule has 1 aromatic heterocycles. The Morgan fingerprint density at radius 2 is 1.96 bits per heavy atom. The number of para-hydroxylation sites is 1. The first-order valence-electron chi connectivity index (χ1n) is 7.86. The van der Waals surface area contributed by atoms with Gasteiger partial charge in [-0.05, 0) is 37.3 Å². The molecule has 0 saturated heterocycles. The second kappa shape index (κ2) is 7.17. The highest BCUT2D eigenvalue weighted by Crippen LogP contribution is 2.28. The van der Waals surface area contributed by atoms with Crippen LogP contribution in [-0.2, 0) is 6.54 Å². The van der Waals surface area contributed by atoms with Crippen LogP contribution in [0.5, 0.6) is 11.5 Å². The van der Waals surface area contributed by atoms with E-state index in [9.17, 15) is 9.59 Å². The number of methoxy groups -OCH3 is 1. The van der Waals surface area contributed by atoms with Crippen LogP contribution >= 0.6 is 0 Å². The Hall–Kier alpha value is -3.15. The molecule has 0 saturated carbocycles. The lowest BCUT2D eigenvalue weighted by molar-refractivity contribution is 0.101. The maximum Gasteiger partial charge on any atom is 0.261 e. The Morgan fingerprint density at radius 3 is 2.72 bits per heavy atom. The number of hydrogen-bond acceptors (Lipinski definition) is 5. The summed E-state index contributed by atoms with van der Waals surface area (Å²) in [5.74, 6) is 0.963. The molecule has 2 aromatic carbocycles. The number of benzene rings is 2. The van der Waals surface area contributed by atoms with E-state index in [1.165, 1.54) is 24.9 Å². The number of rotatable bonds is 6. The average Bonchev–Trinajstić information content (AvgIpc) is 2.63. The van der Waals surface area contributed by atoms with Crippen molar-refractivity contribution in [3.8, 4) is 11.5 Å². The number of carbonyl (C=O) groups excluding carboxylic acids is 1. The third-order valence-corrected chi connectivity index (χ3v) is 3.89. The fourth-order valence-electron chi connectivity index (χ4n) is 2.53. The summed E-state index contributed by atoms with van der Waals surface area (Å²) in [7, 11) is 1.52. The van der Waals surface area contributed by atoms with Crippen molar-refractivity contribution in [3.63, 3.8) is 0 Å².